The molecule has 1 aromatic carbocycles. The van der Waals surface area contributed by atoms with E-state index in [9.17, 15) is 8.42 Å². The summed E-state index contributed by atoms with van der Waals surface area (Å²) < 4.78 is 28.3. The summed E-state index contributed by atoms with van der Waals surface area (Å²) in [4.78, 5) is 0. The van der Waals surface area contributed by atoms with E-state index in [1.165, 1.54) is 0 Å². The highest BCUT2D eigenvalue weighted by Gasteiger charge is 2.11. The van der Waals surface area contributed by atoms with Crippen molar-refractivity contribution in [2.75, 3.05) is 4.72 Å². The van der Waals surface area contributed by atoms with Crippen LogP contribution in [0.1, 0.15) is 13.8 Å². The minimum atomic E-state index is -3.52. The molecule has 3 N–H and O–H groups in total. The molecule has 0 aliphatic rings. The quantitative estimate of drug-likeness (QED) is 0.779. The zero-order valence-electron chi connectivity index (χ0n) is 10.7. The second-order valence-electron chi connectivity index (χ2n) is 4.43. The van der Waals surface area contributed by atoms with Crippen LogP contribution in [0.15, 0.2) is 36.5 Å². The number of hydrogen-bond donors (Lipinski definition) is 3. The van der Waals surface area contributed by atoms with Gasteiger partial charge in [-0.15, -0.1) is 0 Å². The maximum absolute atomic E-state index is 11.7. The van der Waals surface area contributed by atoms with Crippen LogP contribution in [0.5, 0.6) is 0 Å². The average molecular weight is 280 g/mol. The third kappa shape index (κ3) is 3.80. The Bertz CT molecular complexity index is 618. The van der Waals surface area contributed by atoms with Crippen LogP contribution in [-0.2, 0) is 10.2 Å². The first-order valence-corrected chi connectivity index (χ1v) is 7.34. The highest BCUT2D eigenvalue weighted by Crippen LogP contribution is 2.19. The minimum Gasteiger partial charge on any atom is -0.278 e. The molecule has 0 amide bonds. The molecule has 0 aliphatic heterocycles. The third-order valence-electron chi connectivity index (χ3n) is 2.34. The molecular weight excluding hydrogens is 264 g/mol. The van der Waals surface area contributed by atoms with Crippen molar-refractivity contribution < 1.29 is 8.42 Å². The Labute approximate surface area is 112 Å². The van der Waals surface area contributed by atoms with Gasteiger partial charge in [-0.05, 0) is 37.6 Å². The molecule has 0 radical (unpaired) electrons. The maximum Gasteiger partial charge on any atom is 0.299 e. The fourth-order valence-corrected chi connectivity index (χ4v) is 2.76. The Morgan fingerprint density at radius 1 is 1.16 bits per heavy atom. The second kappa shape index (κ2) is 5.41. The van der Waals surface area contributed by atoms with Crippen LogP contribution in [0.4, 0.5) is 5.69 Å². The number of rotatable bonds is 5. The SMILES string of the molecule is CC(C)NS(=O)(=O)Nc1ccc(-c2ccn[nH]2)cc1. The van der Waals surface area contributed by atoms with E-state index >= 15 is 0 Å². The van der Waals surface area contributed by atoms with Gasteiger partial charge < -0.3 is 0 Å². The highest BCUT2D eigenvalue weighted by atomic mass is 32.2. The molecule has 19 heavy (non-hydrogen) atoms. The van der Waals surface area contributed by atoms with Gasteiger partial charge in [0.1, 0.15) is 0 Å². The van der Waals surface area contributed by atoms with E-state index in [1.807, 2.05) is 18.2 Å². The molecule has 0 saturated carbocycles. The molecule has 0 atom stereocenters. The van der Waals surface area contributed by atoms with Crippen molar-refractivity contribution in [1.29, 1.82) is 0 Å². The largest absolute Gasteiger partial charge is 0.299 e. The van der Waals surface area contributed by atoms with E-state index in [0.29, 0.717) is 5.69 Å². The number of H-pyrrole nitrogens is 1. The smallest absolute Gasteiger partial charge is 0.278 e. The van der Waals surface area contributed by atoms with E-state index in [0.717, 1.165) is 11.3 Å². The monoisotopic (exact) mass is 280 g/mol. The van der Waals surface area contributed by atoms with Gasteiger partial charge in [-0.1, -0.05) is 12.1 Å². The molecule has 6 nitrogen and oxygen atoms in total. The molecule has 2 rings (SSSR count). The van der Waals surface area contributed by atoms with Gasteiger partial charge in [0.25, 0.3) is 10.2 Å². The molecule has 0 fully saturated rings. The summed E-state index contributed by atoms with van der Waals surface area (Å²) in [6.45, 7) is 3.53. The second-order valence-corrected chi connectivity index (χ2v) is 5.87. The molecular formula is C12H16N4O2S. The molecule has 2 aromatic rings. The van der Waals surface area contributed by atoms with Gasteiger partial charge in [0.05, 0.1) is 5.69 Å². The number of aromatic amines is 1. The zero-order valence-corrected chi connectivity index (χ0v) is 11.5. The fraction of sp³-hybridized carbons (Fsp3) is 0.250. The lowest BCUT2D eigenvalue weighted by atomic mass is 10.1. The molecule has 7 heteroatoms. The van der Waals surface area contributed by atoms with Gasteiger partial charge in [-0.2, -0.15) is 18.2 Å². The van der Waals surface area contributed by atoms with E-state index in [-0.39, 0.29) is 6.04 Å². The Kier molecular flexibility index (Phi) is 3.87. The van der Waals surface area contributed by atoms with E-state index in [1.54, 1.807) is 32.2 Å². The van der Waals surface area contributed by atoms with Crippen molar-refractivity contribution in [3.8, 4) is 11.3 Å². The summed E-state index contributed by atoms with van der Waals surface area (Å²) in [5.74, 6) is 0. The first-order valence-electron chi connectivity index (χ1n) is 5.86. The van der Waals surface area contributed by atoms with Gasteiger partial charge in [0, 0.05) is 17.9 Å². The Morgan fingerprint density at radius 2 is 1.84 bits per heavy atom. The summed E-state index contributed by atoms with van der Waals surface area (Å²) in [6.07, 6.45) is 1.67. The Balaban J connectivity index is 2.11. The van der Waals surface area contributed by atoms with Crippen LogP contribution in [0.3, 0.4) is 0 Å². The summed E-state index contributed by atoms with van der Waals surface area (Å²) in [7, 11) is -3.52. The molecule has 1 heterocycles. The lowest BCUT2D eigenvalue weighted by Crippen LogP contribution is -2.35. The maximum atomic E-state index is 11.7. The summed E-state index contributed by atoms with van der Waals surface area (Å²) in [6, 6.07) is 8.74. The highest BCUT2D eigenvalue weighted by molar-refractivity contribution is 7.90. The number of nitrogens with zero attached hydrogens (tertiary/aromatic N) is 1. The van der Waals surface area contributed by atoms with Gasteiger partial charge in [0.2, 0.25) is 0 Å². The topological polar surface area (TPSA) is 86.9 Å². The van der Waals surface area contributed by atoms with Gasteiger partial charge in [-0.3, -0.25) is 9.82 Å². The lowest BCUT2D eigenvalue weighted by molar-refractivity contribution is 0.575. The molecule has 0 saturated heterocycles. The molecule has 102 valence electrons. The number of hydrogen-bond acceptors (Lipinski definition) is 3. The van der Waals surface area contributed by atoms with Gasteiger partial charge >= 0.3 is 0 Å². The van der Waals surface area contributed by atoms with Crippen molar-refractivity contribution in [3.05, 3.63) is 36.5 Å². The average Bonchev–Trinajstić information content (AvgIpc) is 2.81. The first-order chi connectivity index (χ1) is 8.96. The summed E-state index contributed by atoms with van der Waals surface area (Å²) in [5, 5.41) is 6.71. The first kappa shape index (κ1) is 13.6. The van der Waals surface area contributed by atoms with Crippen LogP contribution in [0.2, 0.25) is 0 Å². The normalized spacial score (nSPS) is 11.7. The molecule has 0 spiro atoms. The zero-order chi connectivity index (χ0) is 13.9. The van der Waals surface area contributed by atoms with E-state index in [2.05, 4.69) is 19.6 Å². The van der Waals surface area contributed by atoms with E-state index in [4.69, 9.17) is 0 Å². The van der Waals surface area contributed by atoms with Crippen molar-refractivity contribution in [2.45, 2.75) is 19.9 Å². The van der Waals surface area contributed by atoms with Gasteiger partial charge in [-0.25, -0.2) is 0 Å². The molecule has 1 aromatic heterocycles. The van der Waals surface area contributed by atoms with Crippen molar-refractivity contribution in [1.82, 2.24) is 14.9 Å². The van der Waals surface area contributed by atoms with Crippen LogP contribution in [0.25, 0.3) is 11.3 Å². The standard InChI is InChI=1S/C12H16N4O2S/c1-9(2)15-19(17,18)16-11-5-3-10(4-6-11)12-7-8-13-14-12/h3-9,15-16H,1-2H3,(H,13,14). The summed E-state index contributed by atoms with van der Waals surface area (Å²) >= 11 is 0. The molecule has 0 aliphatic carbocycles. The van der Waals surface area contributed by atoms with Gasteiger partial charge in [0.15, 0.2) is 0 Å². The van der Waals surface area contributed by atoms with Crippen LogP contribution >= 0.6 is 0 Å². The number of nitrogens with one attached hydrogen (secondary N) is 3. The Morgan fingerprint density at radius 3 is 2.37 bits per heavy atom. The van der Waals surface area contributed by atoms with Crippen LogP contribution in [-0.4, -0.2) is 24.7 Å². The van der Waals surface area contributed by atoms with E-state index < -0.39 is 10.2 Å². The predicted octanol–water partition coefficient (Wildman–Crippen LogP) is 1.73. The van der Waals surface area contributed by atoms with Crippen LogP contribution in [0, 0.1) is 0 Å². The fourth-order valence-electron chi connectivity index (χ4n) is 1.63. The van der Waals surface area contributed by atoms with Crippen molar-refractivity contribution in [3.63, 3.8) is 0 Å². The predicted molar refractivity (Wildman–Crippen MR) is 74.8 cm³/mol. The lowest BCUT2D eigenvalue weighted by Gasteiger charge is -2.11. The van der Waals surface area contributed by atoms with Crippen molar-refractivity contribution in [2.24, 2.45) is 0 Å². The number of benzene rings is 1. The third-order valence-corrected chi connectivity index (χ3v) is 3.63. The van der Waals surface area contributed by atoms with Crippen molar-refractivity contribution >= 4 is 15.9 Å². The molecule has 0 bridgehead atoms. The number of aromatic nitrogens is 2. The number of anilines is 1. The Hall–Kier alpha value is -1.86. The summed E-state index contributed by atoms with van der Waals surface area (Å²) in [5.41, 5.74) is 2.34. The van der Waals surface area contributed by atoms with Crippen LogP contribution < -0.4 is 9.44 Å². The molecule has 0 unspecified atom stereocenters. The minimum absolute atomic E-state index is 0.151.